The van der Waals surface area contributed by atoms with Crippen LogP contribution in [0.2, 0.25) is 5.15 Å². The molecule has 3 fully saturated rings. The Morgan fingerprint density at radius 1 is 1.15 bits per heavy atom. The molecular formula is C22H24ClF3N4O3. The van der Waals surface area contributed by atoms with Crippen molar-refractivity contribution in [2.24, 2.45) is 0 Å². The molecule has 1 saturated heterocycles. The van der Waals surface area contributed by atoms with Gasteiger partial charge in [0.25, 0.3) is 5.91 Å². The van der Waals surface area contributed by atoms with E-state index in [-0.39, 0.29) is 48.3 Å². The molecule has 0 aromatic carbocycles. The van der Waals surface area contributed by atoms with Gasteiger partial charge in [0, 0.05) is 19.3 Å². The van der Waals surface area contributed by atoms with Crippen LogP contribution in [-0.2, 0) is 11.0 Å². The van der Waals surface area contributed by atoms with E-state index in [4.69, 9.17) is 11.6 Å². The molecule has 3 heterocycles. The lowest BCUT2D eigenvalue weighted by Gasteiger charge is -2.42. The smallest absolute Gasteiger partial charge is 0.391 e. The van der Waals surface area contributed by atoms with Gasteiger partial charge in [-0.1, -0.05) is 24.4 Å². The maximum absolute atomic E-state index is 13.7. The number of alkyl halides is 3. The number of nitrogens with zero attached hydrogens (tertiary/aromatic N) is 4. The van der Waals surface area contributed by atoms with Crippen LogP contribution in [0.1, 0.15) is 66.1 Å². The Kier molecular flexibility index (Phi) is 5.55. The van der Waals surface area contributed by atoms with Crippen LogP contribution in [-0.4, -0.2) is 67.9 Å². The Morgan fingerprint density at radius 3 is 2.52 bits per heavy atom. The van der Waals surface area contributed by atoms with Crippen molar-refractivity contribution in [2.45, 2.75) is 62.8 Å². The van der Waals surface area contributed by atoms with Gasteiger partial charge in [-0.25, -0.2) is 4.98 Å². The van der Waals surface area contributed by atoms with E-state index < -0.39 is 29.4 Å². The van der Waals surface area contributed by atoms with Crippen LogP contribution in [0.25, 0.3) is 5.65 Å². The van der Waals surface area contributed by atoms with Crippen LogP contribution in [0.3, 0.4) is 0 Å². The standard InChI is InChI=1S/C22H24ClF3N4O3/c23-19-18(27-20-14(22(24,25)26)9-13(10-30(19)20)12-5-6-12)21(33)28-7-8-29(17(32)11-28)15-3-1-2-4-16(15)31/h9-10,12,15-16,31H,1-8,11H2/t15-,16-/m1/s1. The fourth-order valence-corrected chi connectivity index (χ4v) is 5.19. The molecule has 2 amide bonds. The van der Waals surface area contributed by atoms with Crippen LogP contribution in [0.15, 0.2) is 12.3 Å². The van der Waals surface area contributed by atoms with Gasteiger partial charge >= 0.3 is 6.18 Å². The minimum absolute atomic E-state index is 0.0500. The number of fused-ring (bicyclic) bond motifs is 1. The van der Waals surface area contributed by atoms with Crippen LogP contribution >= 0.6 is 11.6 Å². The Bertz CT molecular complexity index is 1110. The molecule has 0 bridgehead atoms. The van der Waals surface area contributed by atoms with E-state index in [2.05, 4.69) is 4.98 Å². The number of imidazole rings is 1. The number of aromatic nitrogens is 2. The Balaban J connectivity index is 1.42. The predicted molar refractivity (Wildman–Crippen MR) is 113 cm³/mol. The Labute approximate surface area is 193 Å². The molecular weight excluding hydrogens is 461 g/mol. The molecule has 11 heteroatoms. The molecule has 5 rings (SSSR count). The van der Waals surface area contributed by atoms with Gasteiger partial charge in [-0.05, 0) is 43.2 Å². The number of hydrogen-bond acceptors (Lipinski definition) is 4. The van der Waals surface area contributed by atoms with E-state index in [0.29, 0.717) is 18.4 Å². The average molecular weight is 485 g/mol. The van der Waals surface area contributed by atoms with E-state index in [1.165, 1.54) is 11.1 Å². The van der Waals surface area contributed by atoms with Crippen LogP contribution in [0, 0.1) is 0 Å². The first-order chi connectivity index (χ1) is 15.6. The number of hydrogen-bond donors (Lipinski definition) is 1. The molecule has 2 saturated carbocycles. The molecule has 2 atom stereocenters. The maximum atomic E-state index is 13.7. The summed E-state index contributed by atoms with van der Waals surface area (Å²) in [6, 6.07) is 0.819. The molecule has 1 aliphatic heterocycles. The molecule has 0 spiro atoms. The van der Waals surface area contributed by atoms with Crippen molar-refractivity contribution in [1.29, 1.82) is 0 Å². The fraction of sp³-hybridized carbons (Fsp3) is 0.591. The van der Waals surface area contributed by atoms with Gasteiger partial charge in [-0.2, -0.15) is 13.2 Å². The van der Waals surface area contributed by atoms with Crippen molar-refractivity contribution in [1.82, 2.24) is 19.2 Å². The third kappa shape index (κ3) is 4.07. The van der Waals surface area contributed by atoms with Gasteiger partial charge in [0.05, 0.1) is 17.7 Å². The van der Waals surface area contributed by atoms with E-state index in [0.717, 1.165) is 36.2 Å². The quantitative estimate of drug-likeness (QED) is 0.723. The van der Waals surface area contributed by atoms with Crippen LogP contribution < -0.4 is 0 Å². The monoisotopic (exact) mass is 484 g/mol. The highest BCUT2D eigenvalue weighted by Gasteiger charge is 2.40. The Hall–Kier alpha value is -2.33. The summed E-state index contributed by atoms with van der Waals surface area (Å²) in [7, 11) is 0. The number of piperazine rings is 1. The summed E-state index contributed by atoms with van der Waals surface area (Å²) < 4.78 is 42.3. The van der Waals surface area contributed by atoms with E-state index in [1.807, 2.05) is 0 Å². The first-order valence-electron chi connectivity index (χ1n) is 11.2. The molecule has 33 heavy (non-hydrogen) atoms. The lowest BCUT2D eigenvalue weighted by atomic mass is 9.91. The third-order valence-corrected chi connectivity index (χ3v) is 7.24. The number of rotatable bonds is 3. The van der Waals surface area contributed by atoms with Gasteiger partial charge in [0.1, 0.15) is 11.7 Å². The molecule has 0 radical (unpaired) electrons. The van der Waals surface area contributed by atoms with E-state index >= 15 is 0 Å². The van der Waals surface area contributed by atoms with E-state index in [9.17, 15) is 27.9 Å². The van der Waals surface area contributed by atoms with Crippen molar-refractivity contribution in [3.05, 3.63) is 34.2 Å². The normalized spacial score (nSPS) is 24.6. The second-order valence-electron chi connectivity index (χ2n) is 9.14. The number of carbonyl (C=O) groups is 2. The molecule has 2 aromatic rings. The minimum Gasteiger partial charge on any atom is -0.391 e. The number of aliphatic hydroxyl groups excluding tert-OH is 1. The minimum atomic E-state index is -4.65. The highest BCUT2D eigenvalue weighted by molar-refractivity contribution is 6.33. The lowest BCUT2D eigenvalue weighted by molar-refractivity contribution is -0.141. The van der Waals surface area contributed by atoms with Gasteiger partial charge < -0.3 is 14.9 Å². The topological polar surface area (TPSA) is 78.2 Å². The largest absolute Gasteiger partial charge is 0.419 e. The molecule has 2 aliphatic carbocycles. The molecule has 0 unspecified atom stereocenters. The summed E-state index contributed by atoms with van der Waals surface area (Å²) >= 11 is 6.35. The van der Waals surface area contributed by atoms with Crippen molar-refractivity contribution in [3.63, 3.8) is 0 Å². The average Bonchev–Trinajstić information content (AvgIpc) is 3.57. The van der Waals surface area contributed by atoms with Gasteiger partial charge in [0.2, 0.25) is 5.91 Å². The van der Waals surface area contributed by atoms with Gasteiger partial charge in [-0.3, -0.25) is 14.0 Å². The highest BCUT2D eigenvalue weighted by Crippen LogP contribution is 2.43. The highest BCUT2D eigenvalue weighted by atomic mass is 35.5. The van der Waals surface area contributed by atoms with Crippen LogP contribution in [0.4, 0.5) is 13.2 Å². The van der Waals surface area contributed by atoms with Crippen molar-refractivity contribution >= 4 is 29.1 Å². The number of aliphatic hydroxyl groups is 1. The maximum Gasteiger partial charge on any atom is 0.419 e. The first-order valence-corrected chi connectivity index (χ1v) is 11.6. The fourth-order valence-electron chi connectivity index (χ4n) is 4.94. The number of pyridine rings is 1. The summed E-state index contributed by atoms with van der Waals surface area (Å²) in [6.07, 6.45) is 1.09. The summed E-state index contributed by atoms with van der Waals surface area (Å²) in [5.41, 5.74) is -1.13. The summed E-state index contributed by atoms with van der Waals surface area (Å²) in [5, 5.41) is 10.1. The summed E-state index contributed by atoms with van der Waals surface area (Å²) in [5.74, 6) is -0.927. The zero-order valence-electron chi connectivity index (χ0n) is 17.8. The second kappa shape index (κ2) is 8.16. The molecule has 3 aliphatic rings. The second-order valence-corrected chi connectivity index (χ2v) is 9.49. The van der Waals surface area contributed by atoms with E-state index in [1.54, 1.807) is 4.90 Å². The van der Waals surface area contributed by atoms with Crippen molar-refractivity contribution in [3.8, 4) is 0 Å². The Morgan fingerprint density at radius 2 is 1.88 bits per heavy atom. The molecule has 7 nitrogen and oxygen atoms in total. The van der Waals surface area contributed by atoms with Crippen molar-refractivity contribution < 1.29 is 27.9 Å². The third-order valence-electron chi connectivity index (χ3n) is 6.88. The summed E-state index contributed by atoms with van der Waals surface area (Å²) in [4.78, 5) is 32.8. The number of halogens is 4. The van der Waals surface area contributed by atoms with Crippen LogP contribution in [0.5, 0.6) is 0 Å². The van der Waals surface area contributed by atoms with Gasteiger partial charge in [0.15, 0.2) is 11.3 Å². The molecule has 178 valence electrons. The zero-order chi connectivity index (χ0) is 23.5. The number of carbonyl (C=O) groups excluding carboxylic acids is 2. The van der Waals surface area contributed by atoms with Crippen molar-refractivity contribution in [2.75, 3.05) is 19.6 Å². The SMILES string of the molecule is O=C(c1nc2c(C(F)(F)F)cc(C3CC3)cn2c1Cl)N1CCN([C@@H]2CCCC[C@H]2O)C(=O)C1. The molecule has 1 N–H and O–H groups in total. The molecule has 2 aromatic heterocycles. The first kappa shape index (κ1) is 22.5. The lowest BCUT2D eigenvalue weighted by Crippen LogP contribution is -2.58. The predicted octanol–water partition coefficient (Wildman–Crippen LogP) is 3.47. The van der Waals surface area contributed by atoms with Gasteiger partial charge in [-0.15, -0.1) is 0 Å². The zero-order valence-corrected chi connectivity index (χ0v) is 18.6. The number of amides is 2. The summed E-state index contributed by atoms with van der Waals surface area (Å²) in [6.45, 7) is 0.208.